The molecule has 0 aromatic carbocycles. The van der Waals surface area contributed by atoms with Crippen molar-refractivity contribution in [2.24, 2.45) is 5.92 Å². The lowest BCUT2D eigenvalue weighted by Crippen LogP contribution is -2.63. The Morgan fingerprint density at radius 2 is 1.86 bits per heavy atom. The second kappa shape index (κ2) is 5.02. The summed E-state index contributed by atoms with van der Waals surface area (Å²) in [4.78, 5) is 2.31. The number of β-amino-alcohol motifs (C(OH)–C–C–N with tert-alkyl or cyclic N) is 1. The zero-order valence-corrected chi connectivity index (χ0v) is 12.8. The molecule has 21 heavy (non-hydrogen) atoms. The number of rotatable bonds is 4. The van der Waals surface area contributed by atoms with E-state index < -0.39 is 5.60 Å². The van der Waals surface area contributed by atoms with E-state index in [0.29, 0.717) is 12.0 Å². The van der Waals surface area contributed by atoms with Crippen LogP contribution in [0.25, 0.3) is 0 Å². The molecule has 2 heterocycles. The number of hydrogen-bond donors (Lipinski definition) is 1. The van der Waals surface area contributed by atoms with Gasteiger partial charge in [-0.05, 0) is 49.0 Å². The fraction of sp³-hybridized carbons (Fsp3) is 0.933. The molecule has 1 aromatic rings. The van der Waals surface area contributed by atoms with Gasteiger partial charge in [0.2, 0.25) is 0 Å². The van der Waals surface area contributed by atoms with Crippen LogP contribution in [0.1, 0.15) is 69.8 Å². The van der Waals surface area contributed by atoms with E-state index in [-0.39, 0.29) is 6.04 Å². The highest BCUT2D eigenvalue weighted by Gasteiger charge is 2.53. The van der Waals surface area contributed by atoms with Gasteiger partial charge in [-0.1, -0.05) is 19.3 Å². The fourth-order valence-corrected chi connectivity index (χ4v) is 4.03. The molecule has 3 fully saturated rings. The number of tetrazole rings is 1. The van der Waals surface area contributed by atoms with Crippen LogP contribution in [0.3, 0.4) is 0 Å². The molecule has 1 aromatic heterocycles. The van der Waals surface area contributed by atoms with Gasteiger partial charge in [-0.2, -0.15) is 0 Å². The van der Waals surface area contributed by atoms with Crippen LogP contribution in [0.2, 0.25) is 0 Å². The van der Waals surface area contributed by atoms with Gasteiger partial charge < -0.3 is 5.11 Å². The van der Waals surface area contributed by atoms with Crippen molar-refractivity contribution >= 4 is 0 Å². The Labute approximate surface area is 125 Å². The molecule has 1 N–H and O–H groups in total. The molecule has 3 aliphatic rings. The number of nitrogens with zero attached hydrogens (tertiary/aromatic N) is 5. The van der Waals surface area contributed by atoms with Gasteiger partial charge >= 0.3 is 0 Å². The Kier molecular flexibility index (Phi) is 3.26. The van der Waals surface area contributed by atoms with Crippen LogP contribution in [-0.4, -0.2) is 48.9 Å². The summed E-state index contributed by atoms with van der Waals surface area (Å²) in [6.07, 6.45) is 8.67. The lowest BCUT2D eigenvalue weighted by atomic mass is 9.87. The smallest absolute Gasteiger partial charge is 0.168 e. The van der Waals surface area contributed by atoms with Gasteiger partial charge in [0.25, 0.3) is 0 Å². The van der Waals surface area contributed by atoms with Crippen LogP contribution < -0.4 is 0 Å². The van der Waals surface area contributed by atoms with Gasteiger partial charge in [0.1, 0.15) is 0 Å². The van der Waals surface area contributed by atoms with E-state index in [1.807, 2.05) is 0 Å². The Morgan fingerprint density at radius 1 is 1.14 bits per heavy atom. The lowest BCUT2D eigenvalue weighted by Gasteiger charge is -2.49. The van der Waals surface area contributed by atoms with Gasteiger partial charge in [-0.15, -0.1) is 5.10 Å². The van der Waals surface area contributed by atoms with Gasteiger partial charge in [0, 0.05) is 13.1 Å². The molecule has 2 aliphatic carbocycles. The maximum atomic E-state index is 10.5. The summed E-state index contributed by atoms with van der Waals surface area (Å²) in [6, 6.07) is 0.663. The third-order valence-corrected chi connectivity index (χ3v) is 5.65. The van der Waals surface area contributed by atoms with Crippen molar-refractivity contribution in [3.8, 4) is 0 Å². The van der Waals surface area contributed by atoms with Crippen LogP contribution in [-0.2, 0) is 0 Å². The van der Waals surface area contributed by atoms with Crippen molar-refractivity contribution in [3.05, 3.63) is 5.82 Å². The molecule has 6 nitrogen and oxygen atoms in total. The average molecular weight is 291 g/mol. The summed E-state index contributed by atoms with van der Waals surface area (Å²) >= 11 is 0. The third kappa shape index (κ3) is 2.38. The van der Waals surface area contributed by atoms with E-state index in [0.717, 1.165) is 18.9 Å². The SMILES string of the molecule is CC(c1nnnn1C1CCCCC1)N1CC(O)(C2CC2)C1. The first-order chi connectivity index (χ1) is 10.2. The first-order valence-corrected chi connectivity index (χ1v) is 8.41. The predicted octanol–water partition coefficient (Wildman–Crippen LogP) is 1.70. The summed E-state index contributed by atoms with van der Waals surface area (Å²) in [7, 11) is 0. The van der Waals surface area contributed by atoms with E-state index in [1.54, 1.807) is 0 Å². The maximum Gasteiger partial charge on any atom is 0.168 e. The summed E-state index contributed by atoms with van der Waals surface area (Å²) < 4.78 is 2.05. The van der Waals surface area contributed by atoms with Crippen molar-refractivity contribution in [3.63, 3.8) is 0 Å². The molecule has 0 radical (unpaired) electrons. The van der Waals surface area contributed by atoms with Crippen LogP contribution >= 0.6 is 0 Å². The van der Waals surface area contributed by atoms with Gasteiger partial charge in [-0.3, -0.25) is 4.90 Å². The van der Waals surface area contributed by atoms with Gasteiger partial charge in [-0.25, -0.2) is 4.68 Å². The van der Waals surface area contributed by atoms with Crippen LogP contribution in [0.5, 0.6) is 0 Å². The normalized spacial score (nSPS) is 28.3. The number of hydrogen-bond acceptors (Lipinski definition) is 5. The Bertz CT molecular complexity index is 500. The summed E-state index contributed by atoms with van der Waals surface area (Å²) in [5, 5.41) is 22.9. The summed E-state index contributed by atoms with van der Waals surface area (Å²) in [5.74, 6) is 1.51. The van der Waals surface area contributed by atoms with E-state index in [1.165, 1.54) is 44.9 Å². The summed E-state index contributed by atoms with van der Waals surface area (Å²) in [6.45, 7) is 3.71. The zero-order chi connectivity index (χ0) is 14.4. The molecule has 1 saturated heterocycles. The van der Waals surface area contributed by atoms with Crippen molar-refractivity contribution in [1.82, 2.24) is 25.1 Å². The van der Waals surface area contributed by atoms with Crippen molar-refractivity contribution < 1.29 is 5.11 Å². The molecule has 116 valence electrons. The van der Waals surface area contributed by atoms with E-state index in [9.17, 15) is 5.11 Å². The van der Waals surface area contributed by atoms with E-state index in [2.05, 4.69) is 32.0 Å². The third-order valence-electron chi connectivity index (χ3n) is 5.65. The fourth-order valence-electron chi connectivity index (χ4n) is 4.03. The highest BCUT2D eigenvalue weighted by atomic mass is 16.3. The van der Waals surface area contributed by atoms with Crippen molar-refractivity contribution in [2.45, 2.75) is 69.6 Å². The average Bonchev–Trinajstić information content (AvgIpc) is 3.22. The van der Waals surface area contributed by atoms with Gasteiger partial charge in [0.15, 0.2) is 5.82 Å². The second-order valence-electron chi connectivity index (χ2n) is 7.23. The lowest BCUT2D eigenvalue weighted by molar-refractivity contribution is -0.129. The molecule has 2 saturated carbocycles. The Hall–Kier alpha value is -1.01. The van der Waals surface area contributed by atoms with Gasteiger partial charge in [0.05, 0.1) is 17.7 Å². The molecule has 0 bridgehead atoms. The first kappa shape index (κ1) is 13.6. The standard InChI is InChI=1S/C15H25N5O/c1-11(19-9-15(21,10-19)12-7-8-12)14-16-17-18-20(14)13-5-3-2-4-6-13/h11-13,21H,2-10H2,1H3. The highest BCUT2D eigenvalue weighted by molar-refractivity contribution is 5.09. The molecular formula is C15H25N5O. The van der Waals surface area contributed by atoms with E-state index >= 15 is 0 Å². The number of aromatic nitrogens is 4. The molecule has 0 amide bonds. The summed E-state index contributed by atoms with van der Waals surface area (Å²) in [5.41, 5.74) is -0.433. The molecule has 1 aliphatic heterocycles. The van der Waals surface area contributed by atoms with Crippen molar-refractivity contribution in [2.75, 3.05) is 13.1 Å². The topological polar surface area (TPSA) is 67.1 Å². The van der Waals surface area contributed by atoms with E-state index in [4.69, 9.17) is 0 Å². The highest BCUT2D eigenvalue weighted by Crippen LogP contribution is 2.46. The molecule has 1 unspecified atom stereocenters. The Morgan fingerprint density at radius 3 is 2.52 bits per heavy atom. The number of likely N-dealkylation sites (tertiary alicyclic amines) is 1. The maximum absolute atomic E-state index is 10.5. The molecule has 0 spiro atoms. The van der Waals surface area contributed by atoms with Crippen molar-refractivity contribution in [1.29, 1.82) is 0 Å². The molecule has 4 rings (SSSR count). The van der Waals surface area contributed by atoms with Crippen LogP contribution in [0.15, 0.2) is 0 Å². The number of aliphatic hydroxyl groups is 1. The minimum absolute atomic E-state index is 0.195. The van der Waals surface area contributed by atoms with Crippen LogP contribution in [0.4, 0.5) is 0 Å². The minimum atomic E-state index is -0.433. The van der Waals surface area contributed by atoms with Crippen LogP contribution in [0, 0.1) is 5.92 Å². The monoisotopic (exact) mass is 291 g/mol. The second-order valence-corrected chi connectivity index (χ2v) is 7.23. The minimum Gasteiger partial charge on any atom is -0.387 e. The quantitative estimate of drug-likeness (QED) is 0.914. The first-order valence-electron chi connectivity index (χ1n) is 8.41. The molecule has 6 heteroatoms. The largest absolute Gasteiger partial charge is 0.387 e. The molecule has 1 atom stereocenters. The zero-order valence-electron chi connectivity index (χ0n) is 12.8. The Balaban J connectivity index is 1.45. The molecular weight excluding hydrogens is 266 g/mol. The predicted molar refractivity (Wildman–Crippen MR) is 77.6 cm³/mol.